The Kier molecular flexibility index (Phi) is 24.6. The molecule has 0 bridgehead atoms. The normalized spacial score (nSPS) is 11.4. The van der Waals surface area contributed by atoms with Gasteiger partial charge in [-0.3, -0.25) is 0 Å². The molecule has 90 heavy (non-hydrogen) atoms. The van der Waals surface area contributed by atoms with Gasteiger partial charge in [-0.2, -0.15) is 0 Å². The summed E-state index contributed by atoms with van der Waals surface area (Å²) < 4.78 is 90.3. The van der Waals surface area contributed by atoms with E-state index in [1.54, 1.807) is 92.0 Å². The first-order chi connectivity index (χ1) is 42.1. The Morgan fingerprint density at radius 3 is 1.34 bits per heavy atom. The van der Waals surface area contributed by atoms with E-state index >= 15 is 8.78 Å². The second-order valence-corrected chi connectivity index (χ2v) is 19.7. The molecule has 24 heteroatoms. The van der Waals surface area contributed by atoms with E-state index in [1.165, 1.54) is 62.8 Å². The molecule has 2 atom stereocenters. The molecule has 10 rings (SSSR count). The number of aromatic nitrogens is 6. The summed E-state index contributed by atoms with van der Waals surface area (Å²) in [6.07, 6.45) is -0.370. The third-order valence-corrected chi connectivity index (χ3v) is 14.2. The molecule has 0 radical (unpaired) electrons. The van der Waals surface area contributed by atoms with Crippen molar-refractivity contribution in [3.63, 3.8) is 0 Å². The van der Waals surface area contributed by atoms with Crippen molar-refractivity contribution < 1.29 is 80.3 Å². The quantitative estimate of drug-likeness (QED) is 0.0248. The summed E-state index contributed by atoms with van der Waals surface area (Å²) >= 11 is 0. The number of carboxylic acids is 1. The number of halogens is 4. The number of carboxylic acid groups (broad SMARTS) is 1. The van der Waals surface area contributed by atoms with E-state index in [-0.39, 0.29) is 123 Å². The van der Waals surface area contributed by atoms with Crippen LogP contribution in [0.5, 0.6) is 11.8 Å². The molecule has 10 aromatic rings. The van der Waals surface area contributed by atoms with Gasteiger partial charge in [0, 0.05) is 74.5 Å². The fraction of sp³-hybridized carbons (Fsp3) is 0.212. The van der Waals surface area contributed by atoms with Gasteiger partial charge in [0.2, 0.25) is 11.8 Å². The predicted molar refractivity (Wildman–Crippen MR) is 325 cm³/mol. The molecule has 4 aromatic heterocycles. The summed E-state index contributed by atoms with van der Waals surface area (Å²) in [4.78, 5) is 48.5. The number of aromatic carboxylic acids is 1. The van der Waals surface area contributed by atoms with Crippen LogP contribution >= 0.6 is 0 Å². The fourth-order valence-corrected chi connectivity index (χ4v) is 9.40. The summed E-state index contributed by atoms with van der Waals surface area (Å²) in [7, 11) is 4.42. The van der Waals surface area contributed by atoms with Gasteiger partial charge in [0.15, 0.2) is 11.4 Å². The molecule has 0 spiro atoms. The predicted octanol–water partition coefficient (Wildman–Crippen LogP) is 9.09. The number of ether oxygens (including phenoxy) is 5. The summed E-state index contributed by atoms with van der Waals surface area (Å²) in [5.41, 5.74) is 18.4. The molecule has 2 unspecified atom stereocenters. The Bertz CT molecular complexity index is 4260. The molecule has 0 aliphatic rings. The van der Waals surface area contributed by atoms with Gasteiger partial charge in [0.1, 0.15) is 48.1 Å². The number of benzene rings is 6. The molecule has 0 aliphatic carbocycles. The van der Waals surface area contributed by atoms with E-state index in [9.17, 15) is 23.5 Å². The SMILES string of the molecule is C.[C-]#[N+]c1ccc(COc2cccc(-c3ccc(Cc4nc5ccc(C(=O)O)cc5n4CC(CN)OC)c(F)c3)n2)c(F)c1.[C-]#[N+]c1ccc(COc2cccc(-c3ccc(Cc4nc5ccc(C(=O)OC)cc5n4CC(CN)OC)c(F)c3)n2)c(F)c1.[Li+].[OH-]. The molecule has 0 fully saturated rings. The van der Waals surface area contributed by atoms with Crippen LogP contribution in [0.2, 0.25) is 0 Å². The van der Waals surface area contributed by atoms with Crippen molar-refractivity contribution in [2.45, 2.75) is 58.8 Å². The van der Waals surface area contributed by atoms with Gasteiger partial charge in [-0.25, -0.2) is 56.8 Å². The van der Waals surface area contributed by atoms with Crippen LogP contribution in [-0.2, 0) is 53.4 Å². The van der Waals surface area contributed by atoms with Crippen LogP contribution in [0.4, 0.5) is 28.9 Å². The van der Waals surface area contributed by atoms with E-state index in [2.05, 4.69) is 24.6 Å². The van der Waals surface area contributed by atoms with Crippen molar-refractivity contribution in [3.8, 4) is 34.3 Å². The van der Waals surface area contributed by atoms with Crippen LogP contribution < -0.4 is 39.8 Å². The van der Waals surface area contributed by atoms with E-state index in [4.69, 9.17) is 53.3 Å². The molecule has 0 amide bonds. The number of pyridine rings is 2. The van der Waals surface area contributed by atoms with E-state index in [1.807, 2.05) is 9.13 Å². The number of carbonyl (C=O) groups excluding carboxylic acids is 1. The van der Waals surface area contributed by atoms with Gasteiger partial charge in [-0.1, -0.05) is 68.1 Å². The second kappa shape index (κ2) is 31.9. The maximum absolute atomic E-state index is 15.5. The average molecular weight is 1220 g/mol. The summed E-state index contributed by atoms with van der Waals surface area (Å²) in [6, 6.07) is 37.7. The molecular weight excluding hydrogens is 1160 g/mol. The first-order valence-electron chi connectivity index (χ1n) is 27.0. The van der Waals surface area contributed by atoms with Gasteiger partial charge in [-0.05, 0) is 83.9 Å². The molecule has 4 heterocycles. The maximum Gasteiger partial charge on any atom is 1.00 e. The number of fused-ring (bicyclic) bond motifs is 2. The number of carbonyl (C=O) groups is 2. The van der Waals surface area contributed by atoms with Crippen molar-refractivity contribution in [1.29, 1.82) is 0 Å². The van der Waals surface area contributed by atoms with Crippen LogP contribution in [-0.4, -0.2) is 98.2 Å². The van der Waals surface area contributed by atoms with E-state index < -0.39 is 35.2 Å². The minimum Gasteiger partial charge on any atom is -0.870 e. The second-order valence-electron chi connectivity index (χ2n) is 19.7. The van der Waals surface area contributed by atoms with Crippen LogP contribution in [0.15, 0.2) is 146 Å². The zero-order chi connectivity index (χ0) is 61.7. The van der Waals surface area contributed by atoms with Crippen molar-refractivity contribution in [3.05, 3.63) is 237 Å². The van der Waals surface area contributed by atoms with E-state index in [0.29, 0.717) is 86.0 Å². The minimum absolute atomic E-state index is 0. The van der Waals surface area contributed by atoms with Crippen LogP contribution in [0.3, 0.4) is 0 Å². The fourth-order valence-electron chi connectivity index (χ4n) is 9.40. The van der Waals surface area contributed by atoms with Crippen LogP contribution in [0, 0.1) is 36.4 Å². The number of esters is 1. The Labute approximate surface area is 528 Å². The molecule has 6 aromatic carbocycles. The molecule has 0 aliphatic heterocycles. The molecular formula is C66H61F4LiN10O9. The molecule has 0 saturated carbocycles. The third kappa shape index (κ3) is 16.5. The Morgan fingerprint density at radius 1 is 0.556 bits per heavy atom. The Hall–Kier alpha value is -9.80. The number of hydrogen-bond acceptors (Lipinski definition) is 14. The van der Waals surface area contributed by atoms with Crippen LogP contribution in [0.1, 0.15) is 62.0 Å². The number of nitrogens with two attached hydrogens (primary N) is 2. The zero-order valence-corrected chi connectivity index (χ0v) is 48.7. The first kappa shape index (κ1) is 69.3. The number of nitrogens with zero attached hydrogens (tertiary/aromatic N) is 8. The van der Waals surface area contributed by atoms with E-state index in [0.717, 1.165) is 12.1 Å². The van der Waals surface area contributed by atoms with Gasteiger partial charge in [0.25, 0.3) is 0 Å². The summed E-state index contributed by atoms with van der Waals surface area (Å²) in [5.74, 6) is -1.95. The van der Waals surface area contributed by atoms with Crippen molar-refractivity contribution in [2.24, 2.45) is 11.5 Å². The molecule has 19 nitrogen and oxygen atoms in total. The van der Waals surface area contributed by atoms with Crippen molar-refractivity contribution in [2.75, 3.05) is 34.4 Å². The summed E-state index contributed by atoms with van der Waals surface area (Å²) in [5, 5.41) is 9.47. The molecule has 0 saturated heterocycles. The summed E-state index contributed by atoms with van der Waals surface area (Å²) in [6.45, 7) is 15.0. The Morgan fingerprint density at radius 2 is 0.967 bits per heavy atom. The topological polar surface area (TPSA) is 253 Å². The Balaban J connectivity index is 0.000000277. The number of rotatable bonds is 22. The van der Waals surface area contributed by atoms with Crippen molar-refractivity contribution >= 4 is 45.4 Å². The van der Waals surface area contributed by atoms with Gasteiger partial charge in [-0.15, -0.1) is 0 Å². The van der Waals surface area contributed by atoms with Gasteiger partial charge in [0.05, 0.1) is 90.1 Å². The smallest absolute Gasteiger partial charge is 0.870 e. The zero-order valence-electron chi connectivity index (χ0n) is 48.7. The van der Waals surface area contributed by atoms with Crippen LogP contribution in [0.25, 0.3) is 54.3 Å². The maximum atomic E-state index is 15.5. The van der Waals surface area contributed by atoms with Crippen molar-refractivity contribution in [1.82, 2.24) is 29.1 Å². The van der Waals surface area contributed by atoms with Gasteiger partial charge >= 0.3 is 30.8 Å². The largest absolute Gasteiger partial charge is 1.00 e. The standard InChI is InChI=1S/C33H29F2N5O4.C32H27F2N5O4.CH4.Li.H2O/c1-37-24-11-9-23(27(35)16-24)19-44-32-6-4-5-28(39-32)21-8-7-20(26(34)13-21)15-31-38-29-12-10-22(33(41)43-3)14-30(29)40(31)18-25(17-36)42-2;1-36-23-10-8-22(26(34)15-23)18-43-31-5-3-4-27(38-31)20-7-6-19(25(33)12-20)14-30-37-28-11-9-21(32(40)41)13-29(28)39(30)17-24(16-35)42-2;;;/h4-14,16,25H,15,17-19,36H2,2-3H3;3-13,15,24H,14,16-18,35H2,2H3,(H,40,41);1H4;;1H2/q;;;+1;/p-1. The van der Waals surface area contributed by atoms with Gasteiger partial charge < -0.3 is 54.9 Å². The average Bonchev–Trinajstić information content (AvgIpc) is 3.90. The number of hydrogen-bond donors (Lipinski definition) is 3. The third-order valence-electron chi connectivity index (χ3n) is 14.2. The molecule has 6 N–H and O–H groups in total. The molecule has 458 valence electrons. The first-order valence-corrected chi connectivity index (χ1v) is 27.0. The minimum atomic E-state index is -1.06. The monoisotopic (exact) mass is 1220 g/mol. The number of imidazole rings is 2. The number of methoxy groups -OCH3 is 3.